The van der Waals surface area contributed by atoms with Crippen LogP contribution >= 0.6 is 0 Å². The van der Waals surface area contributed by atoms with Gasteiger partial charge in [-0.1, -0.05) is 103 Å². The standard InChI is InChI=1S/C38H41N3O8/c42-34-33-21-12-22-41(33)35(43)31(40-38(46)49-26-29-17-8-3-9-18-29)20-11-10-19-30(36(44)47-24-27-13-4-1-5-14-27)23-32(39-34)37(45)48-25-28-15-6-2-7-16-28/h1-11,13-18,30-33H,12,19-26H2,(H,39,42)(H,40,46)/b11-10+/t30-,31+,32+,33+/m1/s1. The quantitative estimate of drug-likeness (QED) is 0.192. The number of nitrogens with one attached hydrogen (secondary N) is 2. The van der Waals surface area contributed by atoms with Crippen LogP contribution in [0.15, 0.2) is 103 Å². The van der Waals surface area contributed by atoms with Crippen LogP contribution in [0.4, 0.5) is 4.79 Å². The van der Waals surface area contributed by atoms with E-state index >= 15 is 0 Å². The number of allylic oxidation sites excluding steroid dienone is 1. The molecule has 0 bridgehead atoms. The summed E-state index contributed by atoms with van der Waals surface area (Å²) < 4.78 is 16.6. The summed E-state index contributed by atoms with van der Waals surface area (Å²) in [5.41, 5.74) is 2.36. The van der Waals surface area contributed by atoms with Gasteiger partial charge in [0.15, 0.2) is 0 Å². The summed E-state index contributed by atoms with van der Waals surface area (Å²) in [6, 6.07) is 24.4. The average Bonchev–Trinajstić information content (AvgIpc) is 3.63. The summed E-state index contributed by atoms with van der Waals surface area (Å²) in [5, 5.41) is 5.45. The molecule has 0 radical (unpaired) electrons. The fourth-order valence-corrected chi connectivity index (χ4v) is 5.86. The number of ether oxygens (including phenoxy) is 3. The minimum atomic E-state index is -1.18. The maximum absolute atomic E-state index is 13.8. The molecule has 0 spiro atoms. The van der Waals surface area contributed by atoms with Gasteiger partial charge in [-0.3, -0.25) is 14.4 Å². The first-order valence-electron chi connectivity index (χ1n) is 16.5. The maximum Gasteiger partial charge on any atom is 0.408 e. The number of esters is 2. The van der Waals surface area contributed by atoms with E-state index in [1.54, 1.807) is 12.2 Å². The van der Waals surface area contributed by atoms with E-state index < -0.39 is 53.9 Å². The topological polar surface area (TPSA) is 140 Å². The van der Waals surface area contributed by atoms with Gasteiger partial charge >= 0.3 is 18.0 Å². The zero-order valence-corrected chi connectivity index (χ0v) is 27.2. The number of rotatable bonds is 9. The van der Waals surface area contributed by atoms with E-state index in [2.05, 4.69) is 10.6 Å². The first-order chi connectivity index (χ1) is 23.9. The third-order valence-electron chi connectivity index (χ3n) is 8.50. The van der Waals surface area contributed by atoms with Gasteiger partial charge in [-0.25, -0.2) is 9.59 Å². The predicted octanol–water partition coefficient (Wildman–Crippen LogP) is 4.60. The van der Waals surface area contributed by atoms with Gasteiger partial charge in [-0.15, -0.1) is 0 Å². The van der Waals surface area contributed by atoms with Gasteiger partial charge in [-0.05, 0) is 48.8 Å². The second-order valence-corrected chi connectivity index (χ2v) is 12.1. The van der Waals surface area contributed by atoms with Crippen LogP contribution in [-0.2, 0) is 53.2 Å². The molecule has 0 unspecified atom stereocenters. The SMILES string of the molecule is O=C(N[C@H]1C/C=C/C[C@@H](C(=O)OCc2ccccc2)C[C@@H](C(=O)OCc2ccccc2)NC(=O)[C@@H]2CCCN2C1=O)OCc1ccccc1. The maximum atomic E-state index is 13.8. The largest absolute Gasteiger partial charge is 0.461 e. The van der Waals surface area contributed by atoms with Gasteiger partial charge in [0.25, 0.3) is 0 Å². The van der Waals surface area contributed by atoms with Crippen molar-refractivity contribution in [2.45, 2.75) is 70.1 Å². The highest BCUT2D eigenvalue weighted by Gasteiger charge is 2.40. The second kappa shape index (κ2) is 17.6. The zero-order valence-electron chi connectivity index (χ0n) is 27.2. The molecular weight excluding hydrogens is 626 g/mol. The Labute approximate surface area is 285 Å². The Hall–Kier alpha value is -5.45. The number of amides is 3. The number of fused-ring (bicyclic) bond motifs is 1. The molecule has 3 aromatic carbocycles. The van der Waals surface area contributed by atoms with Gasteiger partial charge in [-0.2, -0.15) is 0 Å². The van der Waals surface area contributed by atoms with Crippen LogP contribution in [0.2, 0.25) is 0 Å². The number of hydrogen-bond donors (Lipinski definition) is 2. The Balaban J connectivity index is 1.35. The number of carbonyl (C=O) groups is 5. The van der Waals surface area contributed by atoms with Crippen LogP contribution in [0, 0.1) is 5.92 Å². The first kappa shape index (κ1) is 34.9. The molecule has 11 nitrogen and oxygen atoms in total. The highest BCUT2D eigenvalue weighted by Crippen LogP contribution is 2.23. The van der Waals surface area contributed by atoms with Crippen LogP contribution in [0.5, 0.6) is 0 Å². The third kappa shape index (κ3) is 10.3. The fraction of sp³-hybridized carbons (Fsp3) is 0.342. The number of carbonyl (C=O) groups excluding carboxylic acids is 5. The Bertz CT molecular complexity index is 1600. The van der Waals surface area contributed by atoms with E-state index in [4.69, 9.17) is 14.2 Å². The highest BCUT2D eigenvalue weighted by atomic mass is 16.6. The number of benzene rings is 3. The van der Waals surface area contributed by atoms with Crippen LogP contribution in [0.25, 0.3) is 0 Å². The summed E-state index contributed by atoms with van der Waals surface area (Å²) >= 11 is 0. The lowest BCUT2D eigenvalue weighted by atomic mass is 9.95. The van der Waals surface area contributed by atoms with E-state index in [1.807, 2.05) is 91.0 Å². The molecule has 2 aliphatic rings. The smallest absolute Gasteiger partial charge is 0.408 e. The van der Waals surface area contributed by atoms with Gasteiger partial charge in [0.05, 0.1) is 5.92 Å². The van der Waals surface area contributed by atoms with Crippen molar-refractivity contribution < 1.29 is 38.2 Å². The zero-order chi connectivity index (χ0) is 34.4. The molecule has 3 aromatic rings. The monoisotopic (exact) mass is 667 g/mol. The fourth-order valence-electron chi connectivity index (χ4n) is 5.86. The summed E-state index contributed by atoms with van der Waals surface area (Å²) in [5.74, 6) is -3.06. The van der Waals surface area contributed by atoms with Crippen molar-refractivity contribution in [2.75, 3.05) is 6.54 Å². The van der Waals surface area contributed by atoms with Crippen molar-refractivity contribution in [3.8, 4) is 0 Å². The lowest BCUT2D eigenvalue weighted by Gasteiger charge is -2.29. The minimum Gasteiger partial charge on any atom is -0.461 e. The summed E-state index contributed by atoms with van der Waals surface area (Å²) in [4.78, 5) is 68.8. The molecule has 11 heteroatoms. The van der Waals surface area contributed by atoms with Crippen LogP contribution in [0.1, 0.15) is 48.8 Å². The van der Waals surface area contributed by atoms with E-state index in [0.29, 0.717) is 19.4 Å². The molecule has 4 atom stereocenters. The van der Waals surface area contributed by atoms with Gasteiger partial charge in [0, 0.05) is 6.54 Å². The molecule has 5 rings (SSSR count). The number of alkyl carbamates (subject to hydrolysis) is 1. The lowest BCUT2D eigenvalue weighted by Crippen LogP contribution is -2.55. The van der Waals surface area contributed by atoms with Gasteiger partial charge in [0.1, 0.15) is 37.9 Å². The van der Waals surface area contributed by atoms with Crippen LogP contribution in [-0.4, -0.2) is 59.4 Å². The lowest BCUT2D eigenvalue weighted by molar-refractivity contribution is -0.154. The summed E-state index contributed by atoms with van der Waals surface area (Å²) in [6.07, 6.45) is 3.75. The molecule has 1 saturated heterocycles. The molecule has 3 amide bonds. The van der Waals surface area contributed by atoms with Crippen molar-refractivity contribution >= 4 is 29.8 Å². The molecule has 0 aliphatic carbocycles. The molecule has 2 aliphatic heterocycles. The summed E-state index contributed by atoms with van der Waals surface area (Å²) in [6.45, 7) is 0.344. The van der Waals surface area contributed by atoms with Crippen LogP contribution < -0.4 is 10.6 Å². The molecule has 2 N–H and O–H groups in total. The summed E-state index contributed by atoms with van der Waals surface area (Å²) in [7, 11) is 0. The van der Waals surface area contributed by atoms with Gasteiger partial charge in [0.2, 0.25) is 11.8 Å². The highest BCUT2D eigenvalue weighted by molar-refractivity contribution is 5.93. The van der Waals surface area contributed by atoms with E-state index in [1.165, 1.54) is 4.90 Å². The predicted molar refractivity (Wildman–Crippen MR) is 179 cm³/mol. The van der Waals surface area contributed by atoms with E-state index in [0.717, 1.165) is 16.7 Å². The normalized spacial score (nSPS) is 21.8. The Morgan fingerprint density at radius 1 is 0.714 bits per heavy atom. The van der Waals surface area contributed by atoms with E-state index in [9.17, 15) is 24.0 Å². The van der Waals surface area contributed by atoms with Crippen molar-refractivity contribution in [1.29, 1.82) is 0 Å². The number of nitrogens with zero attached hydrogens (tertiary/aromatic N) is 1. The second-order valence-electron chi connectivity index (χ2n) is 12.1. The molecule has 49 heavy (non-hydrogen) atoms. The van der Waals surface area contributed by atoms with Crippen molar-refractivity contribution in [1.82, 2.24) is 15.5 Å². The number of hydrogen-bond acceptors (Lipinski definition) is 8. The molecular formula is C38H41N3O8. The Morgan fingerprint density at radius 2 is 1.24 bits per heavy atom. The first-order valence-corrected chi connectivity index (χ1v) is 16.5. The van der Waals surface area contributed by atoms with Crippen LogP contribution in [0.3, 0.4) is 0 Å². The molecule has 0 aromatic heterocycles. The van der Waals surface area contributed by atoms with Crippen molar-refractivity contribution in [2.24, 2.45) is 5.92 Å². The molecule has 2 heterocycles. The van der Waals surface area contributed by atoms with Crippen molar-refractivity contribution in [3.05, 3.63) is 120 Å². The molecule has 1 fully saturated rings. The minimum absolute atomic E-state index is 0.0170. The van der Waals surface area contributed by atoms with E-state index in [-0.39, 0.29) is 39.1 Å². The Morgan fingerprint density at radius 3 is 1.84 bits per heavy atom. The average molecular weight is 668 g/mol. The molecule has 256 valence electrons. The van der Waals surface area contributed by atoms with Crippen molar-refractivity contribution in [3.63, 3.8) is 0 Å². The van der Waals surface area contributed by atoms with Gasteiger partial charge < -0.3 is 29.7 Å². The molecule has 0 saturated carbocycles. The Kier molecular flexibility index (Phi) is 12.5. The third-order valence-corrected chi connectivity index (χ3v) is 8.50.